The summed E-state index contributed by atoms with van der Waals surface area (Å²) in [6.07, 6.45) is 0. The van der Waals surface area contributed by atoms with Crippen LogP contribution in [0.2, 0.25) is 0 Å². The van der Waals surface area contributed by atoms with Crippen molar-refractivity contribution in [1.29, 1.82) is 0 Å². The summed E-state index contributed by atoms with van der Waals surface area (Å²) in [5.74, 6) is 0.102. The van der Waals surface area contributed by atoms with Crippen LogP contribution in [0.1, 0.15) is 18.5 Å². The summed E-state index contributed by atoms with van der Waals surface area (Å²) in [4.78, 5) is 14.1. The van der Waals surface area contributed by atoms with Crippen LogP contribution in [0.4, 0.5) is 0 Å². The highest BCUT2D eigenvalue weighted by molar-refractivity contribution is 6.06. The van der Waals surface area contributed by atoms with Crippen molar-refractivity contribution in [3.63, 3.8) is 0 Å². The highest BCUT2D eigenvalue weighted by atomic mass is 16.4. The minimum atomic E-state index is -0.382. The van der Waals surface area contributed by atoms with Crippen molar-refractivity contribution in [3.05, 3.63) is 52.4 Å². The Hall–Kier alpha value is -2.33. The molecule has 1 heterocycles. The standard InChI is InChI=1S/C17H17NO3/c1-10(18(2)3)14-8-11(19)9-15-16(14)12-6-4-5-7-13(12)17(20)21-15/h4-10,19H,1-3H3/t10-/m0/s1. The summed E-state index contributed by atoms with van der Waals surface area (Å²) in [6, 6.07) is 10.7. The Morgan fingerprint density at radius 3 is 2.48 bits per heavy atom. The molecule has 0 saturated heterocycles. The quantitative estimate of drug-likeness (QED) is 0.579. The summed E-state index contributed by atoms with van der Waals surface area (Å²) in [5.41, 5.74) is 0.976. The zero-order valence-electron chi connectivity index (χ0n) is 12.3. The molecule has 0 fully saturated rings. The maximum absolute atomic E-state index is 12.1. The van der Waals surface area contributed by atoms with Crippen molar-refractivity contribution in [3.8, 4) is 5.75 Å². The maximum atomic E-state index is 12.1. The van der Waals surface area contributed by atoms with Gasteiger partial charge in [0.15, 0.2) is 0 Å². The van der Waals surface area contributed by atoms with Crippen LogP contribution >= 0.6 is 0 Å². The van der Waals surface area contributed by atoms with Crippen LogP contribution in [0.5, 0.6) is 5.75 Å². The smallest absolute Gasteiger partial charge is 0.344 e. The third kappa shape index (κ3) is 2.17. The Morgan fingerprint density at radius 2 is 1.81 bits per heavy atom. The van der Waals surface area contributed by atoms with E-state index in [1.54, 1.807) is 12.1 Å². The number of hydrogen-bond donors (Lipinski definition) is 1. The van der Waals surface area contributed by atoms with Gasteiger partial charge < -0.3 is 14.4 Å². The highest BCUT2D eigenvalue weighted by Gasteiger charge is 2.17. The number of rotatable bonds is 2. The minimum Gasteiger partial charge on any atom is -0.508 e. The number of hydrogen-bond acceptors (Lipinski definition) is 4. The number of fused-ring (bicyclic) bond motifs is 3. The zero-order valence-corrected chi connectivity index (χ0v) is 12.3. The van der Waals surface area contributed by atoms with E-state index in [1.165, 1.54) is 6.07 Å². The molecule has 0 radical (unpaired) electrons. The van der Waals surface area contributed by atoms with Gasteiger partial charge in [-0.1, -0.05) is 18.2 Å². The first-order valence-corrected chi connectivity index (χ1v) is 6.84. The number of benzene rings is 2. The Balaban J connectivity index is 2.53. The van der Waals surface area contributed by atoms with Gasteiger partial charge in [0.2, 0.25) is 0 Å². The molecule has 3 rings (SSSR count). The van der Waals surface area contributed by atoms with E-state index in [4.69, 9.17) is 4.42 Å². The molecule has 0 saturated carbocycles. The van der Waals surface area contributed by atoms with Crippen molar-refractivity contribution >= 4 is 21.7 Å². The molecule has 21 heavy (non-hydrogen) atoms. The van der Waals surface area contributed by atoms with Crippen molar-refractivity contribution in [2.45, 2.75) is 13.0 Å². The Kier molecular flexibility index (Phi) is 3.18. The second-order valence-electron chi connectivity index (χ2n) is 5.48. The van der Waals surface area contributed by atoms with E-state index in [0.717, 1.165) is 16.3 Å². The molecule has 2 aromatic carbocycles. The molecule has 108 valence electrons. The maximum Gasteiger partial charge on any atom is 0.344 e. The molecule has 0 bridgehead atoms. The van der Waals surface area contributed by atoms with Gasteiger partial charge in [0.05, 0.1) is 5.39 Å². The topological polar surface area (TPSA) is 53.7 Å². The van der Waals surface area contributed by atoms with Gasteiger partial charge in [-0.2, -0.15) is 0 Å². The molecule has 1 N–H and O–H groups in total. The van der Waals surface area contributed by atoms with E-state index in [2.05, 4.69) is 0 Å². The summed E-state index contributed by atoms with van der Waals surface area (Å²) < 4.78 is 5.39. The van der Waals surface area contributed by atoms with Gasteiger partial charge in [0.1, 0.15) is 11.3 Å². The fourth-order valence-electron chi connectivity index (χ4n) is 2.63. The lowest BCUT2D eigenvalue weighted by Crippen LogP contribution is -2.17. The van der Waals surface area contributed by atoms with Crippen LogP contribution in [0.3, 0.4) is 0 Å². The lowest BCUT2D eigenvalue weighted by molar-refractivity contribution is 0.322. The largest absolute Gasteiger partial charge is 0.508 e. The van der Waals surface area contributed by atoms with Crippen LogP contribution in [0.15, 0.2) is 45.6 Å². The molecule has 0 unspecified atom stereocenters. The Bertz CT molecular complexity index is 880. The normalized spacial score (nSPS) is 13.1. The molecule has 0 aliphatic carbocycles. The summed E-state index contributed by atoms with van der Waals surface area (Å²) in [7, 11) is 3.95. The van der Waals surface area contributed by atoms with Crippen molar-refractivity contribution < 1.29 is 9.52 Å². The lowest BCUT2D eigenvalue weighted by atomic mass is 9.97. The predicted octanol–water partition coefficient (Wildman–Crippen LogP) is 3.27. The minimum absolute atomic E-state index is 0.0794. The van der Waals surface area contributed by atoms with Crippen LogP contribution < -0.4 is 5.63 Å². The van der Waals surface area contributed by atoms with Crippen molar-refractivity contribution in [2.24, 2.45) is 0 Å². The monoisotopic (exact) mass is 283 g/mol. The molecule has 3 aromatic rings. The van der Waals surface area contributed by atoms with Crippen LogP contribution in [0.25, 0.3) is 21.7 Å². The van der Waals surface area contributed by atoms with Gasteiger partial charge in [-0.05, 0) is 38.7 Å². The van der Waals surface area contributed by atoms with Crippen LogP contribution in [0, 0.1) is 0 Å². The molecule has 0 spiro atoms. The second kappa shape index (κ2) is 4.90. The van der Waals surface area contributed by atoms with Crippen LogP contribution in [-0.4, -0.2) is 24.1 Å². The first-order valence-electron chi connectivity index (χ1n) is 6.84. The van der Waals surface area contributed by atoms with Crippen molar-refractivity contribution in [1.82, 2.24) is 4.90 Å². The van der Waals surface area contributed by atoms with E-state index in [0.29, 0.717) is 11.0 Å². The number of phenolic OH excluding ortho intramolecular Hbond substituents is 1. The van der Waals surface area contributed by atoms with E-state index in [1.807, 2.05) is 44.1 Å². The molecule has 0 aliphatic heterocycles. The van der Waals surface area contributed by atoms with E-state index >= 15 is 0 Å². The molecule has 0 aliphatic rings. The van der Waals surface area contributed by atoms with Gasteiger partial charge in [0, 0.05) is 22.9 Å². The van der Waals surface area contributed by atoms with Gasteiger partial charge in [-0.15, -0.1) is 0 Å². The number of nitrogens with zero attached hydrogens (tertiary/aromatic N) is 1. The third-order valence-corrected chi connectivity index (χ3v) is 3.96. The summed E-state index contributed by atoms with van der Waals surface area (Å²) in [5, 5.41) is 12.2. The molecule has 4 nitrogen and oxygen atoms in total. The summed E-state index contributed by atoms with van der Waals surface area (Å²) in [6.45, 7) is 2.05. The zero-order chi connectivity index (χ0) is 15.1. The average Bonchev–Trinajstić information content (AvgIpc) is 2.45. The number of aromatic hydroxyl groups is 1. The third-order valence-electron chi connectivity index (χ3n) is 3.96. The SMILES string of the molecule is C[C@@H](c1cc(O)cc2oc(=O)c3ccccc3c12)N(C)C. The fourth-order valence-corrected chi connectivity index (χ4v) is 2.63. The fraction of sp³-hybridized carbons (Fsp3) is 0.235. The van der Waals surface area contributed by atoms with E-state index in [-0.39, 0.29) is 17.4 Å². The molecular weight excluding hydrogens is 266 g/mol. The summed E-state index contributed by atoms with van der Waals surface area (Å²) >= 11 is 0. The Labute approximate surface area is 122 Å². The molecule has 1 atom stereocenters. The predicted molar refractivity (Wildman–Crippen MR) is 83.8 cm³/mol. The molecule has 1 aromatic heterocycles. The highest BCUT2D eigenvalue weighted by Crippen LogP contribution is 2.34. The Morgan fingerprint density at radius 1 is 1.14 bits per heavy atom. The van der Waals surface area contributed by atoms with E-state index in [9.17, 15) is 9.90 Å². The van der Waals surface area contributed by atoms with Gasteiger partial charge >= 0.3 is 5.63 Å². The van der Waals surface area contributed by atoms with E-state index < -0.39 is 0 Å². The first kappa shape index (κ1) is 13.6. The molecule has 4 heteroatoms. The number of phenols is 1. The molecule has 0 amide bonds. The van der Waals surface area contributed by atoms with Crippen molar-refractivity contribution in [2.75, 3.05) is 14.1 Å². The van der Waals surface area contributed by atoms with Gasteiger partial charge in [-0.25, -0.2) is 4.79 Å². The first-order chi connectivity index (χ1) is 9.99. The average molecular weight is 283 g/mol. The molecular formula is C17H17NO3. The lowest BCUT2D eigenvalue weighted by Gasteiger charge is -2.22. The van der Waals surface area contributed by atoms with Crippen LogP contribution in [-0.2, 0) is 0 Å². The van der Waals surface area contributed by atoms with Gasteiger partial charge in [0.25, 0.3) is 0 Å². The van der Waals surface area contributed by atoms with Gasteiger partial charge in [-0.3, -0.25) is 0 Å². The second-order valence-corrected chi connectivity index (χ2v) is 5.48.